The second-order valence-corrected chi connectivity index (χ2v) is 4.90. The van der Waals surface area contributed by atoms with E-state index in [4.69, 9.17) is 4.74 Å². The first-order valence-electron chi connectivity index (χ1n) is 6.54. The molecule has 0 aromatic heterocycles. The summed E-state index contributed by atoms with van der Waals surface area (Å²) in [6, 6.07) is 7.74. The van der Waals surface area contributed by atoms with Crippen molar-refractivity contribution in [1.82, 2.24) is 0 Å². The number of hydrogen-bond donors (Lipinski definition) is 0. The van der Waals surface area contributed by atoms with Crippen molar-refractivity contribution in [3.05, 3.63) is 28.7 Å². The van der Waals surface area contributed by atoms with Gasteiger partial charge in [0.25, 0.3) is 0 Å². The minimum absolute atomic E-state index is 0.873. The second kappa shape index (κ2) is 12.0. The number of hydrogen-bond acceptors (Lipinski definition) is 1. The quantitative estimate of drug-likeness (QED) is 0.601. The molecule has 1 aromatic carbocycles. The number of ether oxygens (including phenoxy) is 1. The molecule has 1 aromatic rings. The molecule has 98 valence electrons. The van der Waals surface area contributed by atoms with Gasteiger partial charge in [-0.25, -0.2) is 0 Å². The Morgan fingerprint density at radius 1 is 0.941 bits per heavy atom. The van der Waals surface area contributed by atoms with Crippen LogP contribution >= 0.6 is 15.9 Å². The highest BCUT2D eigenvalue weighted by Gasteiger charge is 1.92. The molecule has 1 nitrogen and oxygen atoms in total. The molecule has 0 fully saturated rings. The minimum atomic E-state index is 0.873. The van der Waals surface area contributed by atoms with Gasteiger partial charge in [0.15, 0.2) is 0 Å². The van der Waals surface area contributed by atoms with Crippen molar-refractivity contribution in [2.45, 2.75) is 52.4 Å². The van der Waals surface area contributed by atoms with Crippen molar-refractivity contribution >= 4 is 15.9 Å². The van der Waals surface area contributed by atoms with Gasteiger partial charge in [0.1, 0.15) is 5.75 Å². The van der Waals surface area contributed by atoms with Crippen LogP contribution in [0.5, 0.6) is 5.75 Å². The number of rotatable bonds is 6. The lowest BCUT2D eigenvalue weighted by Gasteiger charge is -1.99. The Morgan fingerprint density at radius 2 is 1.47 bits per heavy atom. The van der Waals surface area contributed by atoms with Gasteiger partial charge in [0, 0.05) is 0 Å². The number of unbranched alkanes of at least 4 members (excludes halogenated alkanes) is 5. The molecular formula is C15H25BrO. The van der Waals surface area contributed by atoms with Crippen LogP contribution in [-0.2, 0) is 0 Å². The standard InChI is InChI=1S/C8H18.C7H7BrO/c1-3-5-7-8-6-4-2;1-9-7-5-3-2-4-6(7)8/h3-8H2,1-2H3;2-5H,1H3. The van der Waals surface area contributed by atoms with Crippen LogP contribution in [0.15, 0.2) is 28.7 Å². The van der Waals surface area contributed by atoms with E-state index in [2.05, 4.69) is 29.8 Å². The molecular weight excluding hydrogens is 276 g/mol. The SMILES string of the molecule is CCCCCCCC.COc1ccccc1Br. The third-order valence-electron chi connectivity index (χ3n) is 2.51. The molecule has 0 aliphatic rings. The highest BCUT2D eigenvalue weighted by molar-refractivity contribution is 9.10. The van der Waals surface area contributed by atoms with E-state index in [0.717, 1.165) is 10.2 Å². The van der Waals surface area contributed by atoms with Crippen LogP contribution in [0.1, 0.15) is 52.4 Å². The predicted octanol–water partition coefficient (Wildman–Crippen LogP) is 5.82. The molecule has 0 heterocycles. The van der Waals surface area contributed by atoms with Crippen LogP contribution in [-0.4, -0.2) is 7.11 Å². The Labute approximate surface area is 115 Å². The summed E-state index contributed by atoms with van der Waals surface area (Å²) in [7, 11) is 1.65. The van der Waals surface area contributed by atoms with Crippen molar-refractivity contribution in [1.29, 1.82) is 0 Å². The second-order valence-electron chi connectivity index (χ2n) is 4.05. The van der Waals surface area contributed by atoms with Gasteiger partial charge in [-0.3, -0.25) is 0 Å². The first-order chi connectivity index (χ1) is 8.26. The summed E-state index contributed by atoms with van der Waals surface area (Å²) in [6.07, 6.45) is 8.49. The van der Waals surface area contributed by atoms with E-state index < -0.39 is 0 Å². The molecule has 0 N–H and O–H groups in total. The van der Waals surface area contributed by atoms with Crippen molar-refractivity contribution < 1.29 is 4.74 Å². The van der Waals surface area contributed by atoms with E-state index in [1.807, 2.05) is 24.3 Å². The van der Waals surface area contributed by atoms with E-state index >= 15 is 0 Å². The van der Waals surface area contributed by atoms with E-state index in [9.17, 15) is 0 Å². The van der Waals surface area contributed by atoms with Crippen molar-refractivity contribution in [2.75, 3.05) is 7.11 Å². The summed E-state index contributed by atoms with van der Waals surface area (Å²) < 4.78 is 5.99. The van der Waals surface area contributed by atoms with Crippen LogP contribution in [0.25, 0.3) is 0 Å². The lowest BCUT2D eigenvalue weighted by Crippen LogP contribution is -1.81. The molecule has 0 unspecified atom stereocenters. The zero-order valence-electron chi connectivity index (χ0n) is 11.3. The predicted molar refractivity (Wildman–Crippen MR) is 79.7 cm³/mol. The van der Waals surface area contributed by atoms with Gasteiger partial charge in [-0.2, -0.15) is 0 Å². The molecule has 2 heteroatoms. The molecule has 0 saturated carbocycles. The van der Waals surface area contributed by atoms with E-state index in [1.165, 1.54) is 38.5 Å². The van der Waals surface area contributed by atoms with Gasteiger partial charge in [-0.05, 0) is 28.1 Å². The maximum Gasteiger partial charge on any atom is 0.133 e. The van der Waals surface area contributed by atoms with E-state index in [-0.39, 0.29) is 0 Å². The molecule has 0 aliphatic carbocycles. The Bertz CT molecular complexity index is 267. The first-order valence-corrected chi connectivity index (χ1v) is 7.34. The molecule has 0 spiro atoms. The highest BCUT2D eigenvalue weighted by Crippen LogP contribution is 2.22. The average molecular weight is 301 g/mol. The van der Waals surface area contributed by atoms with Gasteiger partial charge in [0.05, 0.1) is 11.6 Å². The summed E-state index contributed by atoms with van der Waals surface area (Å²) in [5.41, 5.74) is 0. The Balaban J connectivity index is 0.000000304. The Kier molecular flexibility index (Phi) is 11.6. The van der Waals surface area contributed by atoms with Crippen LogP contribution < -0.4 is 4.74 Å². The maximum absolute atomic E-state index is 5.00. The van der Waals surface area contributed by atoms with E-state index in [0.29, 0.717) is 0 Å². The summed E-state index contributed by atoms with van der Waals surface area (Å²) in [6.45, 7) is 4.51. The summed E-state index contributed by atoms with van der Waals surface area (Å²) in [5.74, 6) is 0.873. The van der Waals surface area contributed by atoms with Crippen LogP contribution in [0.3, 0.4) is 0 Å². The third kappa shape index (κ3) is 9.22. The van der Waals surface area contributed by atoms with Crippen molar-refractivity contribution in [3.63, 3.8) is 0 Å². The Morgan fingerprint density at radius 3 is 1.82 bits per heavy atom. The molecule has 0 bridgehead atoms. The topological polar surface area (TPSA) is 9.23 Å². The number of halogens is 1. The minimum Gasteiger partial charge on any atom is -0.496 e. The normalized spacial score (nSPS) is 9.41. The lowest BCUT2D eigenvalue weighted by atomic mass is 10.1. The third-order valence-corrected chi connectivity index (χ3v) is 3.17. The van der Waals surface area contributed by atoms with Crippen LogP contribution in [0, 0.1) is 0 Å². The number of para-hydroxylation sites is 1. The molecule has 0 saturated heterocycles. The van der Waals surface area contributed by atoms with Gasteiger partial charge in [-0.1, -0.05) is 64.5 Å². The molecule has 0 atom stereocenters. The lowest BCUT2D eigenvalue weighted by molar-refractivity contribution is 0.412. The van der Waals surface area contributed by atoms with E-state index in [1.54, 1.807) is 7.11 Å². The van der Waals surface area contributed by atoms with Gasteiger partial charge >= 0.3 is 0 Å². The zero-order valence-corrected chi connectivity index (χ0v) is 12.9. The van der Waals surface area contributed by atoms with Crippen molar-refractivity contribution in [3.8, 4) is 5.75 Å². The van der Waals surface area contributed by atoms with Gasteiger partial charge in [0.2, 0.25) is 0 Å². The zero-order chi connectivity index (χ0) is 12.9. The monoisotopic (exact) mass is 300 g/mol. The largest absolute Gasteiger partial charge is 0.496 e. The maximum atomic E-state index is 5.00. The first kappa shape index (κ1) is 16.5. The highest BCUT2D eigenvalue weighted by atomic mass is 79.9. The molecule has 0 radical (unpaired) electrons. The van der Waals surface area contributed by atoms with Gasteiger partial charge in [-0.15, -0.1) is 0 Å². The summed E-state index contributed by atoms with van der Waals surface area (Å²) in [4.78, 5) is 0. The average Bonchev–Trinajstić information content (AvgIpc) is 2.36. The summed E-state index contributed by atoms with van der Waals surface area (Å²) in [5, 5.41) is 0. The molecule has 0 aliphatic heterocycles. The number of benzene rings is 1. The molecule has 1 rings (SSSR count). The fourth-order valence-electron chi connectivity index (χ4n) is 1.46. The van der Waals surface area contributed by atoms with Crippen molar-refractivity contribution in [2.24, 2.45) is 0 Å². The molecule has 17 heavy (non-hydrogen) atoms. The fourth-order valence-corrected chi connectivity index (χ4v) is 1.91. The van der Waals surface area contributed by atoms with Crippen LogP contribution in [0.4, 0.5) is 0 Å². The Hall–Kier alpha value is -0.500. The van der Waals surface area contributed by atoms with Crippen LogP contribution in [0.2, 0.25) is 0 Å². The number of methoxy groups -OCH3 is 1. The molecule has 0 amide bonds. The smallest absolute Gasteiger partial charge is 0.133 e. The summed E-state index contributed by atoms with van der Waals surface area (Å²) >= 11 is 3.33. The van der Waals surface area contributed by atoms with Gasteiger partial charge < -0.3 is 4.74 Å². The fraction of sp³-hybridized carbons (Fsp3) is 0.600.